The van der Waals surface area contributed by atoms with Crippen molar-refractivity contribution < 1.29 is 14.0 Å². The Labute approximate surface area is 185 Å². The molecule has 164 valence electrons. The van der Waals surface area contributed by atoms with Crippen LogP contribution in [0.5, 0.6) is 0 Å². The summed E-state index contributed by atoms with van der Waals surface area (Å²) in [4.78, 5) is 26.8. The number of nitrogens with zero attached hydrogens (tertiary/aromatic N) is 2. The second-order valence-corrected chi connectivity index (χ2v) is 8.48. The van der Waals surface area contributed by atoms with E-state index in [-0.39, 0.29) is 17.6 Å². The molecule has 8 heteroatoms. The Kier molecular flexibility index (Phi) is 7.94. The van der Waals surface area contributed by atoms with Crippen molar-refractivity contribution in [3.8, 4) is 11.3 Å². The van der Waals surface area contributed by atoms with Gasteiger partial charge in [0.25, 0.3) is 5.91 Å². The minimum atomic E-state index is -0.561. The predicted octanol–water partition coefficient (Wildman–Crippen LogP) is 4.27. The summed E-state index contributed by atoms with van der Waals surface area (Å²) < 4.78 is 13.0. The molecule has 2 heterocycles. The number of nitrogens with one attached hydrogen (secondary N) is 2. The van der Waals surface area contributed by atoms with Gasteiger partial charge in [0.05, 0.1) is 10.6 Å². The summed E-state index contributed by atoms with van der Waals surface area (Å²) in [5.41, 5.74) is 2.72. The molecular weight excluding hydrogens is 415 g/mol. The topological polar surface area (TPSA) is 78.1 Å². The number of benzene rings is 1. The molecule has 6 nitrogen and oxygen atoms in total. The average Bonchev–Trinajstić information content (AvgIpc) is 3.46. The third-order valence-electron chi connectivity index (χ3n) is 5.05. The highest BCUT2D eigenvalue weighted by atomic mass is 32.1. The number of carbonyl (C=O) groups excluding carboxylic acids is 2. The number of hydrogen-bond acceptors (Lipinski definition) is 4. The number of rotatable bonds is 10. The Balaban J connectivity index is 1.35. The molecule has 0 radical (unpaired) electrons. The van der Waals surface area contributed by atoms with E-state index in [1.54, 1.807) is 37.1 Å². The van der Waals surface area contributed by atoms with Crippen molar-refractivity contribution in [2.75, 3.05) is 13.6 Å². The molecule has 0 aliphatic heterocycles. The number of hydrogen-bond donors (Lipinski definition) is 2. The first kappa shape index (κ1) is 22.7. The van der Waals surface area contributed by atoms with E-state index in [1.165, 1.54) is 23.5 Å². The van der Waals surface area contributed by atoms with Crippen molar-refractivity contribution in [1.82, 2.24) is 20.4 Å². The Bertz CT molecular complexity index is 985. The molecule has 0 spiro atoms. The molecule has 2 aromatic heterocycles. The molecule has 3 rings (SSSR count). The van der Waals surface area contributed by atoms with E-state index in [0.29, 0.717) is 11.4 Å². The number of thiophene rings is 1. The van der Waals surface area contributed by atoms with Crippen molar-refractivity contribution in [1.29, 1.82) is 0 Å². The second-order valence-electron chi connectivity index (χ2n) is 7.53. The molecule has 3 aromatic rings. The molecule has 0 fully saturated rings. The number of aryl methyl sites for hydroxylation is 1. The smallest absolute Gasteiger partial charge is 0.261 e. The fraction of sp³-hybridized carbons (Fsp3) is 0.348. The summed E-state index contributed by atoms with van der Waals surface area (Å²) in [6.45, 7) is 2.35. The minimum Gasteiger partial charge on any atom is -0.344 e. The van der Waals surface area contributed by atoms with Gasteiger partial charge in [-0.1, -0.05) is 12.5 Å². The van der Waals surface area contributed by atoms with E-state index in [1.807, 2.05) is 17.5 Å². The van der Waals surface area contributed by atoms with Crippen molar-refractivity contribution in [2.24, 2.45) is 0 Å². The van der Waals surface area contributed by atoms with Crippen molar-refractivity contribution in [2.45, 2.75) is 38.6 Å². The highest BCUT2D eigenvalue weighted by Gasteiger charge is 2.20. The van der Waals surface area contributed by atoms with Crippen LogP contribution in [0, 0.1) is 5.82 Å². The van der Waals surface area contributed by atoms with Crippen LogP contribution in [0.25, 0.3) is 11.3 Å². The average molecular weight is 443 g/mol. The first-order valence-electron chi connectivity index (χ1n) is 10.3. The molecule has 31 heavy (non-hydrogen) atoms. The lowest BCUT2D eigenvalue weighted by molar-refractivity contribution is -0.131. The van der Waals surface area contributed by atoms with E-state index < -0.39 is 6.04 Å². The van der Waals surface area contributed by atoms with Crippen LogP contribution in [0.4, 0.5) is 4.39 Å². The molecule has 0 aliphatic carbocycles. The molecule has 2 N–H and O–H groups in total. The van der Waals surface area contributed by atoms with Gasteiger partial charge in [-0.25, -0.2) is 4.39 Å². The third kappa shape index (κ3) is 6.49. The van der Waals surface area contributed by atoms with Gasteiger partial charge in [-0.2, -0.15) is 5.10 Å². The van der Waals surface area contributed by atoms with E-state index in [4.69, 9.17) is 0 Å². The SMILES string of the molecule is CC(NC(=O)c1cccs1)C(=O)N(C)CCCCCc1cc(-c2ccc(F)cc2)n[nH]1. The summed E-state index contributed by atoms with van der Waals surface area (Å²) in [6, 6.07) is 11.3. The van der Waals surface area contributed by atoms with Crippen LogP contribution >= 0.6 is 11.3 Å². The number of likely N-dealkylation sites (N-methyl/N-ethyl adjacent to an activating group) is 1. The fourth-order valence-corrected chi connectivity index (χ4v) is 3.90. The van der Waals surface area contributed by atoms with Gasteiger partial charge < -0.3 is 10.2 Å². The second kappa shape index (κ2) is 10.9. The Morgan fingerprint density at radius 1 is 1.19 bits per heavy atom. The van der Waals surface area contributed by atoms with Crippen LogP contribution < -0.4 is 5.32 Å². The third-order valence-corrected chi connectivity index (χ3v) is 5.92. The van der Waals surface area contributed by atoms with Crippen LogP contribution in [0.3, 0.4) is 0 Å². The molecule has 1 aromatic carbocycles. The number of aromatic amines is 1. The number of H-pyrrole nitrogens is 1. The number of halogens is 1. The molecule has 0 aliphatic rings. The van der Waals surface area contributed by atoms with Crippen LogP contribution in [0.1, 0.15) is 41.6 Å². The maximum atomic E-state index is 13.0. The quantitative estimate of drug-likeness (QED) is 0.461. The molecule has 1 unspecified atom stereocenters. The Morgan fingerprint density at radius 2 is 1.97 bits per heavy atom. The number of amides is 2. The molecule has 0 saturated carbocycles. The van der Waals surface area contributed by atoms with E-state index in [0.717, 1.165) is 42.6 Å². The first-order chi connectivity index (χ1) is 14.9. The summed E-state index contributed by atoms with van der Waals surface area (Å²) in [7, 11) is 1.76. The van der Waals surface area contributed by atoms with E-state index >= 15 is 0 Å². The maximum Gasteiger partial charge on any atom is 0.261 e. The van der Waals surface area contributed by atoms with E-state index in [2.05, 4.69) is 15.5 Å². The summed E-state index contributed by atoms with van der Waals surface area (Å²) in [6.07, 6.45) is 3.68. The van der Waals surface area contributed by atoms with Crippen LogP contribution in [0.15, 0.2) is 47.8 Å². The van der Waals surface area contributed by atoms with Crippen LogP contribution in [-0.2, 0) is 11.2 Å². The molecule has 0 saturated heterocycles. The van der Waals surface area contributed by atoms with Gasteiger partial charge in [0.15, 0.2) is 0 Å². The Morgan fingerprint density at radius 3 is 2.68 bits per heavy atom. The van der Waals surface area contributed by atoms with Gasteiger partial charge in [-0.15, -0.1) is 11.3 Å². The molecule has 0 bridgehead atoms. The zero-order valence-corrected chi connectivity index (χ0v) is 18.5. The number of unbranched alkanes of at least 4 members (excludes halogenated alkanes) is 2. The maximum absolute atomic E-state index is 13.0. The standard InChI is InChI=1S/C23H27FN4O2S/c1-16(25-22(29)21-8-6-14-31-21)23(30)28(2)13-5-3-4-7-19-15-20(27-26-19)17-9-11-18(24)12-10-17/h6,8-12,14-16H,3-5,7,13H2,1-2H3,(H,25,29)(H,26,27). The largest absolute Gasteiger partial charge is 0.344 e. The van der Waals surface area contributed by atoms with Crippen LogP contribution in [0.2, 0.25) is 0 Å². The zero-order chi connectivity index (χ0) is 22.2. The lowest BCUT2D eigenvalue weighted by Gasteiger charge is -2.22. The van der Waals surface area contributed by atoms with Gasteiger partial charge in [0, 0.05) is 24.8 Å². The number of aromatic nitrogens is 2. The van der Waals surface area contributed by atoms with E-state index in [9.17, 15) is 14.0 Å². The van der Waals surface area contributed by atoms with Crippen molar-refractivity contribution in [3.63, 3.8) is 0 Å². The van der Waals surface area contributed by atoms with Gasteiger partial charge in [-0.3, -0.25) is 14.7 Å². The molecule has 2 amide bonds. The van der Waals surface area contributed by atoms with Crippen molar-refractivity contribution >= 4 is 23.2 Å². The lowest BCUT2D eigenvalue weighted by Crippen LogP contribution is -2.45. The summed E-state index contributed by atoms with van der Waals surface area (Å²) in [5.74, 6) is -0.575. The normalized spacial score (nSPS) is 11.8. The van der Waals surface area contributed by atoms with Gasteiger partial charge in [0.1, 0.15) is 11.9 Å². The van der Waals surface area contributed by atoms with Gasteiger partial charge >= 0.3 is 0 Å². The van der Waals surface area contributed by atoms with Crippen LogP contribution in [-0.4, -0.2) is 46.5 Å². The Hall–Kier alpha value is -3.00. The minimum absolute atomic E-state index is 0.0950. The highest BCUT2D eigenvalue weighted by molar-refractivity contribution is 7.12. The number of carbonyl (C=O) groups is 2. The predicted molar refractivity (Wildman–Crippen MR) is 120 cm³/mol. The monoisotopic (exact) mass is 442 g/mol. The zero-order valence-electron chi connectivity index (χ0n) is 17.7. The summed E-state index contributed by atoms with van der Waals surface area (Å²) in [5, 5.41) is 11.9. The highest BCUT2D eigenvalue weighted by Crippen LogP contribution is 2.19. The molecular formula is C23H27FN4O2S. The molecule has 1 atom stereocenters. The van der Waals surface area contributed by atoms with Gasteiger partial charge in [0.2, 0.25) is 5.91 Å². The fourth-order valence-electron chi connectivity index (χ4n) is 3.28. The first-order valence-corrected chi connectivity index (χ1v) is 11.2. The van der Waals surface area contributed by atoms with Crippen molar-refractivity contribution in [3.05, 3.63) is 64.2 Å². The van der Waals surface area contributed by atoms with Gasteiger partial charge in [-0.05, 0) is 68.0 Å². The summed E-state index contributed by atoms with van der Waals surface area (Å²) >= 11 is 1.35. The lowest BCUT2D eigenvalue weighted by atomic mass is 10.1.